The third-order valence-electron chi connectivity index (χ3n) is 4.11. The Morgan fingerprint density at radius 3 is 2.40 bits per heavy atom. The summed E-state index contributed by atoms with van der Waals surface area (Å²) in [6.45, 7) is 11.8. The molecule has 0 saturated heterocycles. The molecule has 0 fully saturated rings. The topological polar surface area (TPSA) is 40.5 Å². The smallest absolute Gasteiger partial charge is 0.328 e. The number of nitrogens with zero attached hydrogens (tertiary/aromatic N) is 1. The van der Waals surface area contributed by atoms with Crippen LogP contribution >= 0.6 is 0 Å². The first-order chi connectivity index (χ1) is 9.09. The molecule has 1 N–H and O–H groups in total. The van der Waals surface area contributed by atoms with Crippen molar-refractivity contribution in [1.29, 1.82) is 0 Å². The van der Waals surface area contributed by atoms with Crippen LogP contribution in [-0.4, -0.2) is 22.2 Å². The van der Waals surface area contributed by atoms with Gasteiger partial charge in [-0.1, -0.05) is 24.3 Å². The van der Waals surface area contributed by atoms with Crippen LogP contribution < -0.4 is 4.90 Å². The summed E-state index contributed by atoms with van der Waals surface area (Å²) in [6, 6.07) is 6.13. The van der Waals surface area contributed by atoms with Crippen LogP contribution in [0.4, 0.5) is 5.69 Å². The van der Waals surface area contributed by atoms with Crippen molar-refractivity contribution >= 4 is 17.2 Å². The maximum atomic E-state index is 11.7. The number of anilines is 1. The second kappa shape index (κ2) is 4.37. The van der Waals surface area contributed by atoms with Gasteiger partial charge in [0.05, 0.1) is 5.54 Å². The third-order valence-corrected chi connectivity index (χ3v) is 4.11. The summed E-state index contributed by atoms with van der Waals surface area (Å²) in [5, 5.41) is 9.65. The second-order valence-corrected chi connectivity index (χ2v) is 6.65. The fourth-order valence-electron chi connectivity index (χ4n) is 3.33. The van der Waals surface area contributed by atoms with Crippen molar-refractivity contribution in [2.75, 3.05) is 4.90 Å². The predicted molar refractivity (Wildman–Crippen MR) is 83.1 cm³/mol. The highest BCUT2D eigenvalue weighted by atomic mass is 16.4. The molecule has 0 aromatic heterocycles. The zero-order valence-corrected chi connectivity index (χ0v) is 13.1. The SMILES string of the molecule is CC1=CC(C)(C)N(C(C)(C)C(=O)O)c2c(C)cccc21. The van der Waals surface area contributed by atoms with E-state index in [1.54, 1.807) is 13.8 Å². The highest BCUT2D eigenvalue weighted by molar-refractivity contribution is 5.90. The van der Waals surface area contributed by atoms with Gasteiger partial charge in [-0.15, -0.1) is 0 Å². The maximum Gasteiger partial charge on any atom is 0.328 e. The lowest BCUT2D eigenvalue weighted by molar-refractivity contribution is -0.142. The number of carbonyl (C=O) groups is 1. The number of benzene rings is 1. The Labute approximate surface area is 120 Å². The van der Waals surface area contributed by atoms with Crippen molar-refractivity contribution < 1.29 is 9.90 Å². The van der Waals surface area contributed by atoms with Crippen molar-refractivity contribution in [2.24, 2.45) is 0 Å². The molecule has 20 heavy (non-hydrogen) atoms. The molecule has 1 aliphatic rings. The van der Waals surface area contributed by atoms with Gasteiger partial charge in [0.2, 0.25) is 0 Å². The number of hydrogen-bond donors (Lipinski definition) is 1. The summed E-state index contributed by atoms with van der Waals surface area (Å²) in [6.07, 6.45) is 2.15. The Hall–Kier alpha value is -1.77. The summed E-state index contributed by atoms with van der Waals surface area (Å²) in [4.78, 5) is 13.8. The van der Waals surface area contributed by atoms with Crippen molar-refractivity contribution in [3.63, 3.8) is 0 Å². The fourth-order valence-corrected chi connectivity index (χ4v) is 3.33. The first-order valence-corrected chi connectivity index (χ1v) is 6.92. The molecule has 3 heteroatoms. The number of aliphatic carboxylic acids is 1. The highest BCUT2D eigenvalue weighted by Crippen LogP contribution is 2.44. The molecule has 0 amide bonds. The van der Waals surface area contributed by atoms with Gasteiger partial charge in [0, 0.05) is 11.3 Å². The standard InChI is InChI=1S/C17H23NO2/c1-11-8-7-9-13-12(2)10-16(3,4)18(14(11)13)17(5,6)15(19)20/h7-10H,1-6H3,(H,19,20). The van der Waals surface area contributed by atoms with Crippen molar-refractivity contribution in [1.82, 2.24) is 0 Å². The molecule has 0 spiro atoms. The van der Waals surface area contributed by atoms with E-state index in [9.17, 15) is 9.90 Å². The molecule has 1 aromatic rings. The molecule has 0 bridgehead atoms. The molecular weight excluding hydrogens is 250 g/mol. The summed E-state index contributed by atoms with van der Waals surface area (Å²) >= 11 is 0. The molecule has 2 rings (SSSR count). The number of para-hydroxylation sites is 1. The van der Waals surface area contributed by atoms with Gasteiger partial charge in [-0.25, -0.2) is 4.79 Å². The van der Waals surface area contributed by atoms with Gasteiger partial charge < -0.3 is 10.0 Å². The zero-order valence-electron chi connectivity index (χ0n) is 13.1. The van der Waals surface area contributed by atoms with Crippen LogP contribution in [-0.2, 0) is 4.79 Å². The van der Waals surface area contributed by atoms with E-state index in [2.05, 4.69) is 32.9 Å². The quantitative estimate of drug-likeness (QED) is 0.889. The Bertz CT molecular complexity index is 597. The lowest BCUT2D eigenvalue weighted by Gasteiger charge is -2.50. The minimum absolute atomic E-state index is 0.342. The van der Waals surface area contributed by atoms with E-state index in [1.807, 2.05) is 24.0 Å². The van der Waals surface area contributed by atoms with Crippen LogP contribution in [0, 0.1) is 6.92 Å². The van der Waals surface area contributed by atoms with Crippen LogP contribution in [0.2, 0.25) is 0 Å². The molecule has 1 aromatic carbocycles. The molecule has 108 valence electrons. The normalized spacial score (nSPS) is 17.5. The van der Waals surface area contributed by atoms with Gasteiger partial charge in [0.25, 0.3) is 0 Å². The van der Waals surface area contributed by atoms with Gasteiger partial charge in [-0.05, 0) is 52.7 Å². The highest BCUT2D eigenvalue weighted by Gasteiger charge is 2.45. The van der Waals surface area contributed by atoms with Gasteiger partial charge in [-0.2, -0.15) is 0 Å². The fraction of sp³-hybridized carbons (Fsp3) is 0.471. The van der Waals surface area contributed by atoms with E-state index in [-0.39, 0.29) is 5.54 Å². The Balaban J connectivity index is 2.78. The number of carboxylic acid groups (broad SMARTS) is 1. The van der Waals surface area contributed by atoms with Crippen LogP contribution in [0.1, 0.15) is 45.7 Å². The lowest BCUT2D eigenvalue weighted by atomic mass is 9.83. The molecule has 0 unspecified atom stereocenters. The minimum Gasteiger partial charge on any atom is -0.480 e. The summed E-state index contributed by atoms with van der Waals surface area (Å²) in [5.74, 6) is -0.812. The van der Waals surface area contributed by atoms with E-state index >= 15 is 0 Å². The van der Waals surface area contributed by atoms with E-state index in [1.165, 1.54) is 5.57 Å². The average Bonchev–Trinajstić information content (AvgIpc) is 2.28. The Morgan fingerprint density at radius 2 is 1.85 bits per heavy atom. The van der Waals surface area contributed by atoms with E-state index in [4.69, 9.17) is 0 Å². The van der Waals surface area contributed by atoms with Crippen molar-refractivity contribution in [2.45, 2.75) is 52.6 Å². The predicted octanol–water partition coefficient (Wildman–Crippen LogP) is 3.86. The monoisotopic (exact) mass is 273 g/mol. The number of fused-ring (bicyclic) bond motifs is 1. The van der Waals surface area contributed by atoms with Crippen LogP contribution in [0.15, 0.2) is 24.3 Å². The van der Waals surface area contributed by atoms with Crippen LogP contribution in [0.5, 0.6) is 0 Å². The van der Waals surface area contributed by atoms with Gasteiger partial charge in [0.1, 0.15) is 5.54 Å². The summed E-state index contributed by atoms with van der Waals surface area (Å²) in [7, 11) is 0. The second-order valence-electron chi connectivity index (χ2n) is 6.65. The average molecular weight is 273 g/mol. The molecule has 0 atom stereocenters. The number of allylic oxidation sites excluding steroid dienone is 1. The van der Waals surface area contributed by atoms with Crippen molar-refractivity contribution in [3.8, 4) is 0 Å². The van der Waals surface area contributed by atoms with Gasteiger partial charge in [-0.3, -0.25) is 0 Å². The Kier molecular flexibility index (Phi) is 3.20. The number of hydrogen-bond acceptors (Lipinski definition) is 2. The van der Waals surface area contributed by atoms with Crippen LogP contribution in [0.3, 0.4) is 0 Å². The number of carboxylic acids is 1. The minimum atomic E-state index is -0.971. The first kappa shape index (κ1) is 14.6. The first-order valence-electron chi connectivity index (χ1n) is 6.92. The molecule has 1 aliphatic heterocycles. The third kappa shape index (κ3) is 2.01. The molecule has 3 nitrogen and oxygen atoms in total. The van der Waals surface area contributed by atoms with E-state index in [0.717, 1.165) is 16.8 Å². The summed E-state index contributed by atoms with van der Waals surface area (Å²) < 4.78 is 0. The van der Waals surface area contributed by atoms with E-state index in [0.29, 0.717) is 0 Å². The van der Waals surface area contributed by atoms with E-state index < -0.39 is 11.5 Å². The molecular formula is C17H23NO2. The molecule has 0 saturated carbocycles. The Morgan fingerprint density at radius 1 is 1.25 bits per heavy atom. The van der Waals surface area contributed by atoms with Crippen LogP contribution in [0.25, 0.3) is 5.57 Å². The molecule has 1 heterocycles. The van der Waals surface area contributed by atoms with Gasteiger partial charge >= 0.3 is 5.97 Å². The maximum absolute atomic E-state index is 11.7. The molecule has 0 aliphatic carbocycles. The zero-order chi connectivity index (χ0) is 15.3. The number of aryl methyl sites for hydroxylation is 1. The largest absolute Gasteiger partial charge is 0.480 e. The van der Waals surface area contributed by atoms with Gasteiger partial charge in [0.15, 0.2) is 0 Å². The van der Waals surface area contributed by atoms with Crippen molar-refractivity contribution in [3.05, 3.63) is 35.4 Å². The lowest BCUT2D eigenvalue weighted by Crippen LogP contribution is -2.60. The number of rotatable bonds is 2. The molecule has 0 radical (unpaired) electrons. The summed E-state index contributed by atoms with van der Waals surface area (Å²) in [5.41, 5.74) is 3.15.